The van der Waals surface area contributed by atoms with Crippen LogP contribution in [0.25, 0.3) is 0 Å². The molecule has 2 aromatic carbocycles. The zero-order valence-corrected chi connectivity index (χ0v) is 15.1. The molecule has 1 aliphatic heterocycles. The molecule has 144 valence electrons. The number of para-hydroxylation sites is 1. The molecule has 2 aromatic rings. The second kappa shape index (κ2) is 8.33. The molecule has 0 saturated carbocycles. The van der Waals surface area contributed by atoms with Crippen LogP contribution in [0.1, 0.15) is 17.5 Å². The molecule has 0 spiro atoms. The van der Waals surface area contributed by atoms with Crippen LogP contribution in [-0.4, -0.2) is 32.1 Å². The van der Waals surface area contributed by atoms with Crippen LogP contribution in [0.5, 0.6) is 0 Å². The molecule has 1 unspecified atom stereocenters. The highest BCUT2D eigenvalue weighted by Gasteiger charge is 2.30. The minimum Gasteiger partial charge on any atom is -0.369 e. The highest BCUT2D eigenvalue weighted by molar-refractivity contribution is 5.80. The Morgan fingerprint density at radius 1 is 1.11 bits per heavy atom. The van der Waals surface area contributed by atoms with E-state index in [1.165, 1.54) is 17.8 Å². The average Bonchev–Trinajstić information content (AvgIpc) is 3.14. The fraction of sp³-hybridized carbons (Fsp3) is 0.350. The minimum atomic E-state index is -4.31. The summed E-state index contributed by atoms with van der Waals surface area (Å²) >= 11 is 0. The minimum absolute atomic E-state index is 0.268. The van der Waals surface area contributed by atoms with Gasteiger partial charge in [0.15, 0.2) is 5.96 Å². The van der Waals surface area contributed by atoms with E-state index in [0.29, 0.717) is 12.5 Å². The summed E-state index contributed by atoms with van der Waals surface area (Å²) in [6.45, 7) is 2.26. The smallest absolute Gasteiger partial charge is 0.369 e. The normalized spacial score (nSPS) is 17.9. The van der Waals surface area contributed by atoms with Crippen LogP contribution in [0.4, 0.5) is 18.9 Å². The summed E-state index contributed by atoms with van der Waals surface area (Å²) in [5, 5.41) is 6.55. The van der Waals surface area contributed by atoms with Crippen molar-refractivity contribution < 1.29 is 13.2 Å². The fourth-order valence-corrected chi connectivity index (χ4v) is 3.14. The molecule has 7 heteroatoms. The van der Waals surface area contributed by atoms with Crippen molar-refractivity contribution in [3.8, 4) is 0 Å². The van der Waals surface area contributed by atoms with Crippen molar-refractivity contribution in [2.45, 2.75) is 25.2 Å². The van der Waals surface area contributed by atoms with E-state index in [1.807, 2.05) is 18.2 Å². The Bertz CT molecular complexity index is 757. The maximum atomic E-state index is 12.6. The molecule has 0 radical (unpaired) electrons. The Hall–Kier alpha value is -2.70. The van der Waals surface area contributed by atoms with Gasteiger partial charge in [0, 0.05) is 38.4 Å². The van der Waals surface area contributed by atoms with E-state index in [2.05, 4.69) is 32.7 Å². The summed E-state index contributed by atoms with van der Waals surface area (Å²) in [6, 6.07) is 15.7. The zero-order valence-electron chi connectivity index (χ0n) is 15.1. The van der Waals surface area contributed by atoms with Crippen LogP contribution in [0, 0.1) is 0 Å². The van der Waals surface area contributed by atoms with Gasteiger partial charge in [0.25, 0.3) is 0 Å². The van der Waals surface area contributed by atoms with Gasteiger partial charge in [-0.1, -0.05) is 30.3 Å². The zero-order chi connectivity index (χ0) is 19.3. The highest BCUT2D eigenvalue weighted by atomic mass is 19.4. The summed E-state index contributed by atoms with van der Waals surface area (Å²) in [5.74, 6) is 0.648. The van der Waals surface area contributed by atoms with E-state index in [-0.39, 0.29) is 6.04 Å². The van der Waals surface area contributed by atoms with E-state index in [9.17, 15) is 13.2 Å². The number of hydrogen-bond donors (Lipinski definition) is 2. The second-order valence-electron chi connectivity index (χ2n) is 6.53. The van der Waals surface area contributed by atoms with Crippen molar-refractivity contribution in [1.82, 2.24) is 10.6 Å². The van der Waals surface area contributed by atoms with Gasteiger partial charge in [0.2, 0.25) is 0 Å². The summed E-state index contributed by atoms with van der Waals surface area (Å²) in [5.41, 5.74) is 1.33. The SMILES string of the molecule is CN=C(NCc1ccc(C(F)(F)F)cc1)NC1CCN(c2ccccc2)C1. The van der Waals surface area contributed by atoms with Crippen LogP contribution < -0.4 is 15.5 Å². The van der Waals surface area contributed by atoms with E-state index < -0.39 is 11.7 Å². The maximum Gasteiger partial charge on any atom is 0.416 e. The van der Waals surface area contributed by atoms with E-state index in [1.54, 1.807) is 7.05 Å². The molecule has 27 heavy (non-hydrogen) atoms. The highest BCUT2D eigenvalue weighted by Crippen LogP contribution is 2.29. The van der Waals surface area contributed by atoms with Crippen molar-refractivity contribution in [3.05, 3.63) is 65.7 Å². The van der Waals surface area contributed by atoms with Gasteiger partial charge in [0.1, 0.15) is 0 Å². The lowest BCUT2D eigenvalue weighted by Crippen LogP contribution is -2.44. The number of nitrogens with one attached hydrogen (secondary N) is 2. The van der Waals surface area contributed by atoms with Gasteiger partial charge in [-0.3, -0.25) is 4.99 Å². The van der Waals surface area contributed by atoms with Gasteiger partial charge < -0.3 is 15.5 Å². The number of rotatable bonds is 4. The number of guanidine groups is 1. The van der Waals surface area contributed by atoms with Crippen molar-refractivity contribution >= 4 is 11.6 Å². The molecule has 0 aliphatic carbocycles. The van der Waals surface area contributed by atoms with Gasteiger partial charge in [-0.2, -0.15) is 13.2 Å². The molecule has 2 N–H and O–H groups in total. The predicted octanol–water partition coefficient (Wildman–Crippen LogP) is 3.65. The van der Waals surface area contributed by atoms with Crippen molar-refractivity contribution in [3.63, 3.8) is 0 Å². The third-order valence-corrected chi connectivity index (χ3v) is 4.62. The molecule has 0 aromatic heterocycles. The number of halogens is 3. The van der Waals surface area contributed by atoms with Gasteiger partial charge in [-0.05, 0) is 36.2 Å². The Balaban J connectivity index is 1.50. The lowest BCUT2D eigenvalue weighted by molar-refractivity contribution is -0.137. The Morgan fingerprint density at radius 2 is 1.81 bits per heavy atom. The van der Waals surface area contributed by atoms with Crippen molar-refractivity contribution in [1.29, 1.82) is 0 Å². The lowest BCUT2D eigenvalue weighted by Gasteiger charge is -2.20. The molecule has 1 fully saturated rings. The van der Waals surface area contributed by atoms with Crippen LogP contribution in [0.15, 0.2) is 59.6 Å². The van der Waals surface area contributed by atoms with Gasteiger partial charge in [-0.25, -0.2) is 0 Å². The Kier molecular flexibility index (Phi) is 5.88. The first kappa shape index (κ1) is 19.1. The monoisotopic (exact) mass is 376 g/mol. The third-order valence-electron chi connectivity index (χ3n) is 4.62. The largest absolute Gasteiger partial charge is 0.416 e. The third kappa shape index (κ3) is 5.15. The van der Waals surface area contributed by atoms with E-state index >= 15 is 0 Å². The molecule has 1 saturated heterocycles. The first-order chi connectivity index (χ1) is 13.0. The molecule has 1 aliphatic rings. The molecule has 3 rings (SSSR count). The number of anilines is 1. The van der Waals surface area contributed by atoms with Crippen molar-refractivity contribution in [2.24, 2.45) is 4.99 Å². The topological polar surface area (TPSA) is 39.7 Å². The number of benzene rings is 2. The summed E-state index contributed by atoms with van der Waals surface area (Å²) in [7, 11) is 1.69. The Morgan fingerprint density at radius 3 is 2.44 bits per heavy atom. The number of aliphatic imine (C=N–C) groups is 1. The van der Waals surface area contributed by atoms with Crippen LogP contribution in [-0.2, 0) is 12.7 Å². The molecule has 0 bridgehead atoms. The molecule has 4 nitrogen and oxygen atoms in total. The summed E-state index contributed by atoms with van der Waals surface area (Å²) in [4.78, 5) is 6.54. The summed E-state index contributed by atoms with van der Waals surface area (Å²) in [6.07, 6.45) is -3.31. The average molecular weight is 376 g/mol. The quantitative estimate of drug-likeness (QED) is 0.632. The standard InChI is InChI=1S/C20H23F3N4/c1-24-19(25-13-15-7-9-16(10-8-15)20(21,22)23)26-17-11-12-27(14-17)18-5-3-2-4-6-18/h2-10,17H,11-14H2,1H3,(H2,24,25,26). The molecular weight excluding hydrogens is 353 g/mol. The van der Waals surface area contributed by atoms with Gasteiger partial charge in [0.05, 0.1) is 5.56 Å². The van der Waals surface area contributed by atoms with Crippen LogP contribution in [0.3, 0.4) is 0 Å². The lowest BCUT2D eigenvalue weighted by atomic mass is 10.1. The van der Waals surface area contributed by atoms with E-state index in [4.69, 9.17) is 0 Å². The van der Waals surface area contributed by atoms with E-state index in [0.717, 1.165) is 37.2 Å². The molecular formula is C20H23F3N4. The number of alkyl halides is 3. The number of nitrogens with zero attached hydrogens (tertiary/aromatic N) is 2. The molecule has 1 heterocycles. The Labute approximate surface area is 157 Å². The van der Waals surface area contributed by atoms with Gasteiger partial charge >= 0.3 is 6.18 Å². The van der Waals surface area contributed by atoms with Crippen molar-refractivity contribution in [2.75, 3.05) is 25.0 Å². The molecule has 0 amide bonds. The van der Waals surface area contributed by atoms with Gasteiger partial charge in [-0.15, -0.1) is 0 Å². The first-order valence-electron chi connectivity index (χ1n) is 8.89. The first-order valence-corrected chi connectivity index (χ1v) is 8.89. The summed E-state index contributed by atoms with van der Waals surface area (Å²) < 4.78 is 37.9. The second-order valence-corrected chi connectivity index (χ2v) is 6.53. The molecule has 1 atom stereocenters. The number of hydrogen-bond acceptors (Lipinski definition) is 2. The van der Waals surface area contributed by atoms with Crippen LogP contribution >= 0.6 is 0 Å². The van der Waals surface area contributed by atoms with Crippen LogP contribution in [0.2, 0.25) is 0 Å². The fourth-order valence-electron chi connectivity index (χ4n) is 3.14. The predicted molar refractivity (Wildman–Crippen MR) is 102 cm³/mol. The maximum absolute atomic E-state index is 12.6.